The molecule has 0 radical (unpaired) electrons. The molecular formula is C37H67NO6Si2Sn. The van der Waals surface area contributed by atoms with E-state index >= 15 is 0 Å². The number of aromatic nitrogens is 1. The molecule has 0 spiro atoms. The predicted octanol–water partition coefficient (Wildman–Crippen LogP) is 8.24. The second-order valence-electron chi connectivity index (χ2n) is 16.5. The molecule has 1 N–H and O–H groups in total. The molecule has 2 heterocycles. The van der Waals surface area contributed by atoms with Crippen molar-refractivity contribution in [1.29, 1.82) is 0 Å². The van der Waals surface area contributed by atoms with Gasteiger partial charge in [-0.3, -0.25) is 0 Å². The van der Waals surface area contributed by atoms with Crippen LogP contribution in [0.25, 0.3) is 0 Å². The quantitative estimate of drug-likeness (QED) is 0.103. The Balaban J connectivity index is 2.57. The number of aliphatic hydroxyl groups is 1. The van der Waals surface area contributed by atoms with Crippen LogP contribution < -0.4 is 3.71 Å². The molecule has 1 fully saturated rings. The van der Waals surface area contributed by atoms with Crippen LogP contribution in [0.1, 0.15) is 73.6 Å². The molecule has 0 bridgehead atoms. The van der Waals surface area contributed by atoms with Crippen LogP contribution in [0.15, 0.2) is 34.5 Å². The number of rotatable bonds is 16. The number of methoxy groups -OCH3 is 2. The Morgan fingerprint density at radius 3 is 2.19 bits per heavy atom. The second-order valence-corrected chi connectivity index (χ2v) is 41.0. The zero-order valence-electron chi connectivity index (χ0n) is 32.3. The maximum atomic E-state index is 10.5. The Morgan fingerprint density at radius 1 is 1.11 bits per heavy atom. The van der Waals surface area contributed by atoms with Crippen molar-refractivity contribution >= 4 is 38.5 Å². The minimum atomic E-state index is -2.42. The van der Waals surface area contributed by atoms with Crippen LogP contribution in [0.2, 0.25) is 51.1 Å². The number of allylic oxidation sites excluding steroid dienone is 2. The average molecular weight is 797 g/mol. The van der Waals surface area contributed by atoms with Gasteiger partial charge >= 0.3 is 232 Å². The maximum Gasteiger partial charge on any atom is 0.129 e. The van der Waals surface area contributed by atoms with E-state index in [0.717, 1.165) is 9.28 Å². The minimum absolute atomic E-state index is 0.0173. The first-order valence-electron chi connectivity index (χ1n) is 17.6. The summed E-state index contributed by atoms with van der Waals surface area (Å²) in [6.45, 7) is 22.8. The van der Waals surface area contributed by atoms with Gasteiger partial charge in [0.25, 0.3) is 0 Å². The van der Waals surface area contributed by atoms with E-state index in [0.29, 0.717) is 48.2 Å². The SMILES string of the molecule is CO[C@@H](/C=C/C(C)=C/[C@@H](O[Si](C(C)C)(C(C)C)C(C)C)[C@H]1C[C@@H](CO)C[C@](Cc2n[c]([Sn]([CH3])([CH3])[CH3])co2)(OC)O1)CC#C[Si](C)(C)C. The molecule has 0 aromatic carbocycles. The van der Waals surface area contributed by atoms with Gasteiger partial charge in [0.15, 0.2) is 0 Å². The monoisotopic (exact) mass is 797 g/mol. The molecular weight excluding hydrogens is 729 g/mol. The van der Waals surface area contributed by atoms with Crippen LogP contribution in [0.3, 0.4) is 0 Å². The first kappa shape index (κ1) is 42.4. The van der Waals surface area contributed by atoms with Crippen LogP contribution in [0, 0.1) is 17.4 Å². The van der Waals surface area contributed by atoms with Crippen molar-refractivity contribution in [3.05, 3.63) is 36.0 Å². The third kappa shape index (κ3) is 12.2. The number of oxazole rings is 1. The molecule has 5 atom stereocenters. The topological polar surface area (TPSA) is 83.2 Å². The van der Waals surface area contributed by atoms with E-state index < -0.39 is 40.6 Å². The molecule has 0 unspecified atom stereocenters. The molecule has 2 rings (SSSR count). The Kier molecular flexibility index (Phi) is 16.2. The summed E-state index contributed by atoms with van der Waals surface area (Å²) in [6, 6.07) is 0. The van der Waals surface area contributed by atoms with Crippen LogP contribution in [0.4, 0.5) is 0 Å². The molecule has 10 heteroatoms. The summed E-state index contributed by atoms with van der Waals surface area (Å²) in [7, 11) is -0.342. The van der Waals surface area contributed by atoms with Crippen molar-refractivity contribution in [3.63, 3.8) is 0 Å². The van der Waals surface area contributed by atoms with E-state index in [9.17, 15) is 5.11 Å². The summed E-state index contributed by atoms with van der Waals surface area (Å²) >= 11 is -2.42. The number of hydrogen-bond donors (Lipinski definition) is 1. The van der Waals surface area contributed by atoms with Gasteiger partial charge in [-0.25, -0.2) is 0 Å². The first-order chi connectivity index (χ1) is 21.7. The summed E-state index contributed by atoms with van der Waals surface area (Å²) in [5, 5.41) is 10.5. The molecule has 1 aromatic rings. The average Bonchev–Trinajstić information content (AvgIpc) is 3.44. The van der Waals surface area contributed by atoms with Gasteiger partial charge in [-0.15, -0.1) is 11.5 Å². The fraction of sp³-hybridized carbons (Fsp3) is 0.757. The van der Waals surface area contributed by atoms with E-state index in [2.05, 4.69) is 113 Å². The molecule has 268 valence electrons. The van der Waals surface area contributed by atoms with Crippen molar-refractivity contribution in [3.8, 4) is 11.5 Å². The van der Waals surface area contributed by atoms with Crippen molar-refractivity contribution in [2.45, 2.75) is 149 Å². The van der Waals surface area contributed by atoms with E-state index in [4.69, 9.17) is 28.0 Å². The van der Waals surface area contributed by atoms with Gasteiger partial charge in [0.1, 0.15) is 8.07 Å². The van der Waals surface area contributed by atoms with Gasteiger partial charge in [0.05, 0.1) is 6.10 Å². The Hall–Kier alpha value is -0.718. The van der Waals surface area contributed by atoms with Crippen molar-refractivity contribution in [1.82, 2.24) is 4.98 Å². The fourth-order valence-corrected chi connectivity index (χ4v) is 15.6. The molecule has 1 saturated heterocycles. The van der Waals surface area contributed by atoms with E-state index in [1.54, 1.807) is 14.2 Å². The Labute approximate surface area is 293 Å². The van der Waals surface area contributed by atoms with Gasteiger partial charge in [-0.1, -0.05) is 19.6 Å². The zero-order chi connectivity index (χ0) is 35.8. The van der Waals surface area contributed by atoms with Crippen LogP contribution in [-0.4, -0.2) is 89.8 Å². The Bertz CT molecular complexity index is 1210. The molecule has 0 amide bonds. The van der Waals surface area contributed by atoms with Gasteiger partial charge in [-0.2, -0.15) is 0 Å². The number of nitrogens with zero attached hydrogens (tertiary/aromatic N) is 1. The normalized spacial score (nSPS) is 23.1. The van der Waals surface area contributed by atoms with Crippen LogP contribution in [-0.2, 0) is 25.1 Å². The number of hydrogen-bond acceptors (Lipinski definition) is 7. The van der Waals surface area contributed by atoms with Crippen molar-refractivity contribution < 1.29 is 28.2 Å². The van der Waals surface area contributed by atoms with Gasteiger partial charge < -0.3 is 4.74 Å². The summed E-state index contributed by atoms with van der Waals surface area (Å²) in [6.07, 6.45) is 9.76. The van der Waals surface area contributed by atoms with Gasteiger partial charge in [-0.05, 0) is 0 Å². The van der Waals surface area contributed by atoms with Crippen molar-refractivity contribution in [2.75, 3.05) is 20.8 Å². The standard InChI is InChI=1S/C34H58NO6Si2.3CH3.Sn/c1-25(2)43(26(3)4,27(5)6)41-32(20-28(7)15-16-30(37-8)14-13-19-42(10,11)12)31-21-29(24-36)22-34(38-9,40-31)23-33-35-17-18-39-33;;;;/h15-16,18,20,25-27,29-32,36H,14,21-24H2,1-12H3;3*1H3;/b16-15+,28-20+;;;;/t29-,30-,31-,32-,34+;;;;/m1..../s1. The molecule has 1 aliphatic rings. The molecule has 47 heavy (non-hydrogen) atoms. The zero-order valence-corrected chi connectivity index (χ0v) is 37.2. The van der Waals surface area contributed by atoms with Crippen LogP contribution >= 0.6 is 0 Å². The van der Waals surface area contributed by atoms with Gasteiger partial charge in [0.2, 0.25) is 0 Å². The van der Waals surface area contributed by atoms with Gasteiger partial charge in [0, 0.05) is 13.5 Å². The minimum Gasteiger partial charge on any atom is -0.132 e. The third-order valence-electron chi connectivity index (χ3n) is 9.39. The smallest absolute Gasteiger partial charge is 0.129 e. The third-order valence-corrected chi connectivity index (χ3v) is 21.4. The van der Waals surface area contributed by atoms with Crippen molar-refractivity contribution in [2.24, 2.45) is 5.92 Å². The molecule has 7 nitrogen and oxygen atoms in total. The molecule has 0 saturated carbocycles. The number of aliphatic hydroxyl groups excluding tert-OH is 1. The van der Waals surface area contributed by atoms with E-state index in [1.165, 1.54) is 0 Å². The summed E-state index contributed by atoms with van der Waals surface area (Å²) < 4.78 is 33.5. The summed E-state index contributed by atoms with van der Waals surface area (Å²) in [5.41, 5.74) is 5.71. The van der Waals surface area contributed by atoms with Crippen LogP contribution in [0.5, 0.6) is 0 Å². The predicted molar refractivity (Wildman–Crippen MR) is 203 cm³/mol. The first-order valence-corrected chi connectivity index (χ1v) is 33.2. The van der Waals surface area contributed by atoms with E-state index in [1.807, 2.05) is 6.26 Å². The Morgan fingerprint density at radius 2 is 1.72 bits per heavy atom. The maximum absolute atomic E-state index is 10.5. The summed E-state index contributed by atoms with van der Waals surface area (Å²) in [4.78, 5) is 11.9. The summed E-state index contributed by atoms with van der Waals surface area (Å²) in [5.74, 6) is 2.96. The molecule has 1 aliphatic heterocycles. The number of ether oxygens (including phenoxy) is 3. The van der Waals surface area contributed by atoms with E-state index in [-0.39, 0.29) is 30.8 Å². The largest absolute Gasteiger partial charge is 0.132 e. The second kappa shape index (κ2) is 18.0. The molecule has 0 aliphatic carbocycles. The fourth-order valence-electron chi connectivity index (χ4n) is 6.93. The molecule has 1 aromatic heterocycles.